The Morgan fingerprint density at radius 2 is 2.50 bits per heavy atom. The maximum absolute atomic E-state index is 11.0. The maximum atomic E-state index is 11.0. The molecule has 3 heteroatoms. The van der Waals surface area contributed by atoms with Crippen molar-refractivity contribution in [2.45, 2.75) is 6.92 Å². The Balaban J connectivity index is 2.69. The summed E-state index contributed by atoms with van der Waals surface area (Å²) in [6.07, 6.45) is 3.20. The summed E-state index contributed by atoms with van der Waals surface area (Å²) < 4.78 is 11.0. The van der Waals surface area contributed by atoms with Crippen molar-refractivity contribution in [3.05, 3.63) is 11.6 Å². The van der Waals surface area contributed by atoms with E-state index in [1.165, 1.54) is 5.57 Å². The number of nitrogens with two attached hydrogens (primary N) is 1. The van der Waals surface area contributed by atoms with Gasteiger partial charge in [0, 0.05) is 12.3 Å². The molecule has 1 unspecified atom stereocenters. The van der Waals surface area contributed by atoms with Gasteiger partial charge in [-0.1, -0.05) is 11.6 Å². The highest BCUT2D eigenvalue weighted by molar-refractivity contribution is 7.62. The molecule has 1 aliphatic heterocycles. The maximum Gasteiger partial charge on any atom is 0.152 e. The van der Waals surface area contributed by atoms with E-state index in [1.54, 1.807) is 0 Å². The van der Waals surface area contributed by atoms with E-state index in [4.69, 9.17) is 5.50 Å². The minimum Gasteiger partial charge on any atom is -0.306 e. The number of hydrogen-bond acceptors (Lipinski definition) is 1. The predicted molar refractivity (Wildman–Crippen MR) is 35.3 cm³/mol. The topological polar surface area (TPSA) is 43.1 Å². The smallest absolute Gasteiger partial charge is 0.152 e. The second-order valence-corrected chi connectivity index (χ2v) is 4.93. The molecule has 0 aromatic heterocycles. The molecule has 0 fully saturated rings. The second kappa shape index (κ2) is 1.71. The molecule has 1 rings (SSSR count). The van der Waals surface area contributed by atoms with Gasteiger partial charge in [-0.15, -0.1) is 0 Å². The highest BCUT2D eigenvalue weighted by atomic mass is 31.2. The van der Waals surface area contributed by atoms with Crippen molar-refractivity contribution in [2.75, 3.05) is 12.3 Å². The minimum absolute atomic E-state index is 0.610. The normalized spacial score (nSPS) is 37.5. The fraction of sp³-hybridized carbons (Fsp3) is 0.600. The van der Waals surface area contributed by atoms with E-state index < -0.39 is 7.29 Å². The van der Waals surface area contributed by atoms with Crippen molar-refractivity contribution in [1.29, 1.82) is 0 Å². The van der Waals surface area contributed by atoms with Crippen LogP contribution in [0.1, 0.15) is 6.92 Å². The molecule has 0 saturated heterocycles. The molecule has 0 aromatic rings. The lowest BCUT2D eigenvalue weighted by atomic mass is 10.3. The van der Waals surface area contributed by atoms with Crippen molar-refractivity contribution in [1.82, 2.24) is 0 Å². The predicted octanol–water partition coefficient (Wildman–Crippen LogP) is 1.18. The van der Waals surface area contributed by atoms with Gasteiger partial charge in [-0.25, -0.2) is 0 Å². The molecule has 1 atom stereocenters. The van der Waals surface area contributed by atoms with Crippen molar-refractivity contribution < 1.29 is 4.57 Å². The molecule has 0 saturated carbocycles. The summed E-state index contributed by atoms with van der Waals surface area (Å²) in [5, 5.41) is 0. The van der Waals surface area contributed by atoms with E-state index in [-0.39, 0.29) is 0 Å². The van der Waals surface area contributed by atoms with Crippen LogP contribution < -0.4 is 5.50 Å². The fourth-order valence-corrected chi connectivity index (χ4v) is 2.58. The van der Waals surface area contributed by atoms with Gasteiger partial charge in [0.05, 0.1) is 0 Å². The van der Waals surface area contributed by atoms with E-state index in [0.717, 1.165) is 0 Å². The zero-order valence-electron chi connectivity index (χ0n) is 4.92. The van der Waals surface area contributed by atoms with Gasteiger partial charge in [-0.05, 0) is 6.92 Å². The van der Waals surface area contributed by atoms with Crippen LogP contribution in [0.2, 0.25) is 0 Å². The van der Waals surface area contributed by atoms with E-state index in [2.05, 4.69) is 0 Å². The van der Waals surface area contributed by atoms with E-state index in [0.29, 0.717) is 12.3 Å². The van der Waals surface area contributed by atoms with Gasteiger partial charge >= 0.3 is 0 Å². The van der Waals surface area contributed by atoms with Crippen LogP contribution in [0.15, 0.2) is 11.6 Å². The Morgan fingerprint density at radius 3 is 2.62 bits per heavy atom. The minimum atomic E-state index is -2.19. The van der Waals surface area contributed by atoms with Gasteiger partial charge in [-0.2, -0.15) is 0 Å². The van der Waals surface area contributed by atoms with Gasteiger partial charge < -0.3 is 4.57 Å². The Bertz CT molecular complexity index is 173. The van der Waals surface area contributed by atoms with Crippen LogP contribution in [0.4, 0.5) is 0 Å². The molecule has 2 N–H and O–H groups in total. The summed E-state index contributed by atoms with van der Waals surface area (Å²) in [7, 11) is -2.19. The zero-order valence-corrected chi connectivity index (χ0v) is 5.82. The quantitative estimate of drug-likeness (QED) is 0.396. The largest absolute Gasteiger partial charge is 0.306 e. The van der Waals surface area contributed by atoms with Crippen molar-refractivity contribution in [2.24, 2.45) is 5.50 Å². The zero-order chi connectivity index (χ0) is 6.20. The highest BCUT2D eigenvalue weighted by Gasteiger charge is 2.19. The summed E-state index contributed by atoms with van der Waals surface area (Å²) in [6, 6.07) is 0. The van der Waals surface area contributed by atoms with Crippen LogP contribution in [0.3, 0.4) is 0 Å². The van der Waals surface area contributed by atoms with Crippen molar-refractivity contribution in [3.63, 3.8) is 0 Å². The summed E-state index contributed by atoms with van der Waals surface area (Å²) in [6.45, 7) is 1.96. The second-order valence-electron chi connectivity index (χ2n) is 2.34. The van der Waals surface area contributed by atoms with E-state index >= 15 is 0 Å². The molecular weight excluding hydrogens is 121 g/mol. The van der Waals surface area contributed by atoms with Crippen LogP contribution >= 0.6 is 7.29 Å². The molecule has 0 radical (unpaired) electrons. The third-order valence-corrected chi connectivity index (χ3v) is 3.10. The van der Waals surface area contributed by atoms with Crippen LogP contribution in [0.25, 0.3) is 0 Å². The Labute approximate surface area is 49.2 Å². The summed E-state index contributed by atoms with van der Waals surface area (Å²) >= 11 is 0. The van der Waals surface area contributed by atoms with E-state index in [9.17, 15) is 4.57 Å². The molecule has 0 spiro atoms. The average Bonchev–Trinajstić information content (AvgIpc) is 1.82. The van der Waals surface area contributed by atoms with E-state index in [1.807, 2.05) is 13.0 Å². The van der Waals surface area contributed by atoms with Crippen LogP contribution in [0, 0.1) is 0 Å². The molecular formula is C5H10NOP. The lowest BCUT2D eigenvalue weighted by molar-refractivity contribution is 0.580. The van der Waals surface area contributed by atoms with Gasteiger partial charge in [-0.3, -0.25) is 5.50 Å². The summed E-state index contributed by atoms with van der Waals surface area (Å²) in [4.78, 5) is 0. The van der Waals surface area contributed by atoms with Crippen molar-refractivity contribution >= 4 is 7.29 Å². The van der Waals surface area contributed by atoms with Crippen LogP contribution in [-0.4, -0.2) is 12.3 Å². The first kappa shape index (κ1) is 6.06. The van der Waals surface area contributed by atoms with Gasteiger partial charge in [0.1, 0.15) is 0 Å². The standard InChI is InChI=1S/C5H10NOP/c1-5-2-3-8(6,7)4-5/h2H,3-4H2,1H3,(H2,6,7). The first-order valence-corrected chi connectivity index (χ1v) is 4.77. The van der Waals surface area contributed by atoms with Crippen LogP contribution in [-0.2, 0) is 4.57 Å². The summed E-state index contributed by atoms with van der Waals surface area (Å²) in [5.41, 5.74) is 6.55. The molecule has 0 aliphatic carbocycles. The lowest BCUT2D eigenvalue weighted by Gasteiger charge is -1.99. The van der Waals surface area contributed by atoms with Gasteiger partial charge in [0.2, 0.25) is 0 Å². The first-order valence-electron chi connectivity index (χ1n) is 2.62. The molecule has 0 aromatic carbocycles. The average molecular weight is 131 g/mol. The Kier molecular flexibility index (Phi) is 1.30. The fourth-order valence-electron chi connectivity index (χ4n) is 0.862. The lowest BCUT2D eigenvalue weighted by Crippen LogP contribution is -1.96. The molecule has 2 nitrogen and oxygen atoms in total. The molecule has 0 amide bonds. The summed E-state index contributed by atoms with van der Waals surface area (Å²) in [5.74, 6) is 0. The number of hydrogen-bond donors (Lipinski definition) is 1. The van der Waals surface area contributed by atoms with Gasteiger partial charge in [0.15, 0.2) is 7.29 Å². The molecule has 1 aliphatic rings. The first-order chi connectivity index (χ1) is 3.60. The van der Waals surface area contributed by atoms with Crippen molar-refractivity contribution in [3.8, 4) is 0 Å². The van der Waals surface area contributed by atoms with Gasteiger partial charge in [0.25, 0.3) is 0 Å². The highest BCUT2D eigenvalue weighted by Crippen LogP contribution is 2.42. The molecule has 0 bridgehead atoms. The molecule has 46 valence electrons. The Hall–Kier alpha value is -0.0700. The molecule has 1 heterocycles. The third kappa shape index (κ3) is 1.21. The number of allylic oxidation sites excluding steroid dienone is 2. The SMILES string of the molecule is CC1=CCP(N)(=O)C1. The third-order valence-electron chi connectivity index (χ3n) is 1.27. The molecule has 8 heavy (non-hydrogen) atoms. The van der Waals surface area contributed by atoms with Crippen LogP contribution in [0.5, 0.6) is 0 Å². The Morgan fingerprint density at radius 1 is 1.88 bits per heavy atom. The monoisotopic (exact) mass is 131 g/mol. The number of rotatable bonds is 0.